The van der Waals surface area contributed by atoms with Crippen LogP contribution in [0.5, 0.6) is 5.75 Å². The van der Waals surface area contributed by atoms with Gasteiger partial charge in [-0.3, -0.25) is 4.79 Å². The van der Waals surface area contributed by atoms with E-state index >= 15 is 0 Å². The van der Waals surface area contributed by atoms with Gasteiger partial charge in [0.05, 0.1) is 33.3 Å². The third kappa shape index (κ3) is 4.24. The molecule has 1 fully saturated rings. The van der Waals surface area contributed by atoms with E-state index in [0.29, 0.717) is 44.0 Å². The Morgan fingerprint density at radius 1 is 1.18 bits per heavy atom. The minimum atomic E-state index is -3.84. The first-order chi connectivity index (χ1) is 13.3. The Labute approximate surface area is 164 Å². The average molecular weight is 407 g/mol. The van der Waals surface area contributed by atoms with Crippen molar-refractivity contribution in [2.24, 2.45) is 0 Å². The molecular weight excluding hydrogens is 383 g/mol. The van der Waals surface area contributed by atoms with Crippen molar-refractivity contribution in [1.29, 1.82) is 0 Å². The molecule has 6 nitrogen and oxygen atoms in total. The molecule has 1 saturated heterocycles. The van der Waals surface area contributed by atoms with E-state index in [-0.39, 0.29) is 10.7 Å². The van der Waals surface area contributed by atoms with Crippen molar-refractivity contribution in [3.8, 4) is 5.75 Å². The fraction of sp³-hybridized carbons (Fsp3) is 0.350. The molecule has 2 aromatic carbocycles. The second-order valence-corrected chi connectivity index (χ2v) is 8.75. The van der Waals surface area contributed by atoms with Gasteiger partial charge >= 0.3 is 0 Å². The summed E-state index contributed by atoms with van der Waals surface area (Å²) in [5.74, 6) is -0.0401. The van der Waals surface area contributed by atoms with Gasteiger partial charge in [0.15, 0.2) is 5.78 Å². The topological polar surface area (TPSA) is 68.1 Å². The number of ether oxygens (including phenoxy) is 1. The number of sulfonamides is 1. The van der Waals surface area contributed by atoms with Crippen molar-refractivity contribution < 1.29 is 27.2 Å². The number of benzene rings is 2. The van der Waals surface area contributed by atoms with Crippen LogP contribution in [-0.2, 0) is 16.6 Å². The van der Waals surface area contributed by atoms with Crippen molar-refractivity contribution in [3.63, 3.8) is 0 Å². The zero-order valence-corrected chi connectivity index (χ0v) is 16.8. The number of carbonyl (C=O) groups is 1. The molecule has 0 bridgehead atoms. The maximum absolute atomic E-state index is 13.9. The lowest BCUT2D eigenvalue weighted by Crippen LogP contribution is -3.13. The molecule has 1 N–H and O–H groups in total. The van der Waals surface area contributed by atoms with Crippen molar-refractivity contribution >= 4 is 15.8 Å². The highest BCUT2D eigenvalue weighted by molar-refractivity contribution is 7.89. The van der Waals surface area contributed by atoms with Gasteiger partial charge in [0.25, 0.3) is 0 Å². The predicted octanol–water partition coefficient (Wildman–Crippen LogP) is 1.13. The van der Waals surface area contributed by atoms with Crippen LogP contribution in [-0.4, -0.2) is 51.8 Å². The summed E-state index contributed by atoms with van der Waals surface area (Å²) < 4.78 is 46.1. The Bertz CT molecular complexity index is 970. The lowest BCUT2D eigenvalue weighted by atomic mass is 10.1. The quantitative estimate of drug-likeness (QED) is 0.729. The number of piperazine rings is 1. The number of halogens is 1. The third-order valence-electron chi connectivity index (χ3n) is 5.01. The zero-order chi connectivity index (χ0) is 20.3. The maximum Gasteiger partial charge on any atom is 0.246 e. The highest BCUT2D eigenvalue weighted by Crippen LogP contribution is 2.21. The molecular formula is C20H24FN2O4S+. The maximum atomic E-state index is 13.9. The van der Waals surface area contributed by atoms with Crippen LogP contribution in [0.25, 0.3) is 0 Å². The van der Waals surface area contributed by atoms with E-state index in [4.69, 9.17) is 4.74 Å². The van der Waals surface area contributed by atoms with Gasteiger partial charge in [-0.15, -0.1) is 0 Å². The van der Waals surface area contributed by atoms with Crippen molar-refractivity contribution in [1.82, 2.24) is 4.31 Å². The molecule has 28 heavy (non-hydrogen) atoms. The summed E-state index contributed by atoms with van der Waals surface area (Å²) in [6.45, 7) is 3.92. The molecule has 1 heterocycles. The van der Waals surface area contributed by atoms with Gasteiger partial charge in [0.1, 0.15) is 23.0 Å². The van der Waals surface area contributed by atoms with Crippen molar-refractivity contribution in [2.75, 3.05) is 33.3 Å². The number of hydrogen-bond donors (Lipinski definition) is 1. The van der Waals surface area contributed by atoms with Crippen LogP contribution in [0.15, 0.2) is 47.4 Å². The molecule has 150 valence electrons. The summed E-state index contributed by atoms with van der Waals surface area (Å²) in [6, 6.07) is 10.8. The fourth-order valence-electron chi connectivity index (χ4n) is 3.42. The van der Waals surface area contributed by atoms with Gasteiger partial charge in [-0.25, -0.2) is 12.8 Å². The Balaban J connectivity index is 1.70. The van der Waals surface area contributed by atoms with E-state index in [1.807, 2.05) is 6.07 Å². The van der Waals surface area contributed by atoms with E-state index in [2.05, 4.69) is 0 Å². The number of rotatable bonds is 6. The lowest BCUT2D eigenvalue weighted by Gasteiger charge is -2.31. The molecule has 3 rings (SSSR count). The van der Waals surface area contributed by atoms with Crippen LogP contribution in [0.2, 0.25) is 0 Å². The number of carbonyl (C=O) groups excluding carboxylic acids is 1. The lowest BCUT2D eigenvalue weighted by molar-refractivity contribution is -0.917. The monoisotopic (exact) mass is 407 g/mol. The fourth-order valence-corrected chi connectivity index (χ4v) is 4.92. The number of nitrogens with one attached hydrogen (secondary N) is 1. The molecule has 0 aliphatic carbocycles. The molecule has 0 spiro atoms. The van der Waals surface area contributed by atoms with Crippen LogP contribution < -0.4 is 9.64 Å². The first kappa shape index (κ1) is 20.4. The third-order valence-corrected chi connectivity index (χ3v) is 6.94. The van der Waals surface area contributed by atoms with E-state index in [0.717, 1.165) is 11.6 Å². The predicted molar refractivity (Wildman–Crippen MR) is 103 cm³/mol. The van der Waals surface area contributed by atoms with E-state index in [1.165, 1.54) is 34.3 Å². The Morgan fingerprint density at radius 2 is 1.86 bits per heavy atom. The second-order valence-electron chi connectivity index (χ2n) is 6.84. The van der Waals surface area contributed by atoms with Gasteiger partial charge in [0, 0.05) is 11.1 Å². The van der Waals surface area contributed by atoms with Gasteiger partial charge in [-0.2, -0.15) is 4.31 Å². The van der Waals surface area contributed by atoms with E-state index in [9.17, 15) is 17.6 Å². The van der Waals surface area contributed by atoms with Gasteiger partial charge < -0.3 is 9.64 Å². The van der Waals surface area contributed by atoms with Crippen molar-refractivity contribution in [3.05, 3.63) is 59.4 Å². The van der Waals surface area contributed by atoms with E-state index < -0.39 is 15.8 Å². The van der Waals surface area contributed by atoms with Crippen LogP contribution in [0.1, 0.15) is 22.8 Å². The van der Waals surface area contributed by atoms with Gasteiger partial charge in [0.2, 0.25) is 10.0 Å². The average Bonchev–Trinajstić information content (AvgIpc) is 2.68. The Kier molecular flexibility index (Phi) is 6.12. The molecule has 0 unspecified atom stereocenters. The smallest absolute Gasteiger partial charge is 0.246 e. The first-order valence-electron chi connectivity index (χ1n) is 9.09. The highest BCUT2D eigenvalue weighted by atomic mass is 32.2. The largest absolute Gasteiger partial charge is 0.496 e. The summed E-state index contributed by atoms with van der Waals surface area (Å²) in [4.78, 5) is 12.5. The first-order valence-corrected chi connectivity index (χ1v) is 10.5. The summed E-state index contributed by atoms with van der Waals surface area (Å²) >= 11 is 0. The summed E-state index contributed by atoms with van der Waals surface area (Å²) in [7, 11) is -2.26. The van der Waals surface area contributed by atoms with Gasteiger partial charge in [-0.05, 0) is 37.3 Å². The molecule has 2 aromatic rings. The van der Waals surface area contributed by atoms with Crippen LogP contribution in [0.3, 0.4) is 0 Å². The number of methoxy groups -OCH3 is 1. The van der Waals surface area contributed by atoms with Crippen LogP contribution >= 0.6 is 0 Å². The SMILES string of the molecule is COc1ccc(C(C)=O)cc1C[NH+]1CCN(S(=O)(=O)c2ccccc2F)CC1. The molecule has 0 amide bonds. The normalized spacial score (nSPS) is 16.1. The second kappa shape index (κ2) is 8.38. The highest BCUT2D eigenvalue weighted by Gasteiger charge is 2.32. The Morgan fingerprint density at radius 3 is 2.46 bits per heavy atom. The number of ketones is 1. The summed E-state index contributed by atoms with van der Waals surface area (Å²) in [5, 5.41) is 0. The summed E-state index contributed by atoms with van der Waals surface area (Å²) in [6.07, 6.45) is 0. The number of hydrogen-bond acceptors (Lipinski definition) is 4. The minimum absolute atomic E-state index is 0.0142. The zero-order valence-electron chi connectivity index (χ0n) is 15.9. The minimum Gasteiger partial charge on any atom is -0.496 e. The molecule has 0 saturated carbocycles. The summed E-state index contributed by atoms with van der Waals surface area (Å²) in [5.41, 5.74) is 1.53. The molecule has 1 aliphatic rings. The van der Waals surface area contributed by atoms with Crippen LogP contribution in [0.4, 0.5) is 4.39 Å². The van der Waals surface area contributed by atoms with Gasteiger partial charge in [-0.1, -0.05) is 12.1 Å². The number of Topliss-reactive ketones (excluding diaryl/α,β-unsaturated/α-hetero) is 1. The molecule has 0 atom stereocenters. The molecule has 1 aliphatic heterocycles. The van der Waals surface area contributed by atoms with Crippen LogP contribution in [0, 0.1) is 5.82 Å². The number of nitrogens with zero attached hydrogens (tertiary/aromatic N) is 1. The van der Waals surface area contributed by atoms with Crippen molar-refractivity contribution in [2.45, 2.75) is 18.4 Å². The Hall–Kier alpha value is -2.29. The van der Waals surface area contributed by atoms with E-state index in [1.54, 1.807) is 19.2 Å². The molecule has 0 aromatic heterocycles. The molecule has 8 heteroatoms. The number of quaternary nitrogens is 1. The molecule has 0 radical (unpaired) electrons. The standard InChI is InChI=1S/C20H23FN2O4S/c1-15(24)16-7-8-19(27-2)17(13-16)14-22-9-11-23(12-10-22)28(25,26)20-6-4-3-5-18(20)21/h3-8,13H,9-12,14H2,1-2H3/p+1.